The van der Waals surface area contributed by atoms with E-state index < -0.39 is 5.60 Å². The van der Waals surface area contributed by atoms with Crippen LogP contribution in [-0.4, -0.2) is 101 Å². The number of likely N-dealkylation sites (N-methyl/N-ethyl adjacent to an activating group) is 1. The second-order valence-electron chi connectivity index (χ2n) is 13.0. The van der Waals surface area contributed by atoms with Gasteiger partial charge in [0.25, 0.3) is 0 Å². The average Bonchev–Trinajstić information content (AvgIpc) is 3.42. The predicted molar refractivity (Wildman–Crippen MR) is 170 cm³/mol. The first-order chi connectivity index (χ1) is 21.2. The van der Waals surface area contributed by atoms with E-state index in [1.165, 1.54) is 11.8 Å². The first-order valence-corrected chi connectivity index (χ1v) is 15.6. The number of amides is 1. The molecule has 1 aromatic carbocycles. The van der Waals surface area contributed by atoms with Gasteiger partial charge in [0.05, 0.1) is 24.1 Å². The standard InChI is InChI=1S/C33H42N8O3/c1-33(2,3)44-32(42)41-16-15-40(20-25(41)18-34-4)30-27-12-14-39(29-19-35-17-23-9-6-7-11-26(23)29)21-28(27)36-31(37-30)43-22-24-10-8-13-38(24)5/h6-7,9,11,17,19,24-25H,8,10,12-16,18,20-22H2,1-3,5H3/t24-,25?/m0/s1. The van der Waals surface area contributed by atoms with E-state index in [0.29, 0.717) is 44.8 Å². The molecular formula is C33H42N8O3. The molecule has 3 aliphatic heterocycles. The first kappa shape index (κ1) is 29.9. The van der Waals surface area contributed by atoms with Crippen LogP contribution in [0.15, 0.2) is 36.7 Å². The van der Waals surface area contributed by atoms with Crippen LogP contribution in [0.4, 0.5) is 16.3 Å². The van der Waals surface area contributed by atoms with Gasteiger partial charge in [0, 0.05) is 54.8 Å². The molecule has 0 aliphatic carbocycles. The second-order valence-corrected chi connectivity index (χ2v) is 13.0. The zero-order valence-electron chi connectivity index (χ0n) is 26.2. The van der Waals surface area contributed by atoms with E-state index in [9.17, 15) is 4.79 Å². The van der Waals surface area contributed by atoms with Crippen LogP contribution in [0.1, 0.15) is 44.9 Å². The molecule has 11 nitrogen and oxygen atoms in total. The van der Waals surface area contributed by atoms with Crippen molar-refractivity contribution in [3.63, 3.8) is 0 Å². The molecule has 0 radical (unpaired) electrons. The van der Waals surface area contributed by atoms with Gasteiger partial charge in [-0.1, -0.05) is 24.3 Å². The van der Waals surface area contributed by atoms with Gasteiger partial charge in [-0.25, -0.2) is 11.4 Å². The monoisotopic (exact) mass is 598 g/mol. The molecule has 0 saturated carbocycles. The average molecular weight is 599 g/mol. The van der Waals surface area contributed by atoms with Crippen molar-refractivity contribution < 1.29 is 14.3 Å². The fourth-order valence-corrected chi connectivity index (χ4v) is 6.50. The van der Waals surface area contributed by atoms with Gasteiger partial charge in [0.2, 0.25) is 6.54 Å². The lowest BCUT2D eigenvalue weighted by Gasteiger charge is -2.41. The highest BCUT2D eigenvalue weighted by atomic mass is 16.6. The van der Waals surface area contributed by atoms with Crippen molar-refractivity contribution in [2.45, 2.75) is 64.3 Å². The van der Waals surface area contributed by atoms with Crippen LogP contribution in [0.3, 0.4) is 0 Å². The molecule has 2 saturated heterocycles. The molecule has 3 aromatic rings. The second kappa shape index (κ2) is 12.4. The number of hydrogen-bond acceptors (Lipinski definition) is 9. The van der Waals surface area contributed by atoms with Crippen LogP contribution in [0.25, 0.3) is 15.6 Å². The van der Waals surface area contributed by atoms with E-state index >= 15 is 0 Å². The Labute approximate surface area is 259 Å². The van der Waals surface area contributed by atoms with Gasteiger partial charge in [0.1, 0.15) is 24.1 Å². The fourth-order valence-electron chi connectivity index (χ4n) is 6.50. The van der Waals surface area contributed by atoms with E-state index in [2.05, 4.69) is 49.8 Å². The number of hydrogen-bond donors (Lipinski definition) is 0. The molecular weight excluding hydrogens is 556 g/mol. The number of fused-ring (bicyclic) bond motifs is 2. The van der Waals surface area contributed by atoms with Crippen molar-refractivity contribution in [2.24, 2.45) is 0 Å². The summed E-state index contributed by atoms with van der Waals surface area (Å²) >= 11 is 0. The van der Waals surface area contributed by atoms with E-state index in [1.54, 1.807) is 4.90 Å². The smallest absolute Gasteiger partial charge is 0.410 e. The van der Waals surface area contributed by atoms with Gasteiger partial charge < -0.3 is 29.0 Å². The lowest BCUT2D eigenvalue weighted by Crippen LogP contribution is -2.57. The maximum atomic E-state index is 13.1. The van der Waals surface area contributed by atoms with Crippen LogP contribution in [0, 0.1) is 6.57 Å². The third kappa shape index (κ3) is 6.36. The van der Waals surface area contributed by atoms with Crippen LogP contribution >= 0.6 is 0 Å². The van der Waals surface area contributed by atoms with Gasteiger partial charge >= 0.3 is 12.1 Å². The summed E-state index contributed by atoms with van der Waals surface area (Å²) in [6.45, 7) is 17.9. The number of benzene rings is 1. The molecule has 0 bridgehead atoms. The van der Waals surface area contributed by atoms with E-state index in [1.807, 2.05) is 39.2 Å². The van der Waals surface area contributed by atoms with Crippen molar-refractivity contribution in [1.82, 2.24) is 24.8 Å². The molecule has 5 heterocycles. The molecule has 2 fully saturated rings. The Kier molecular flexibility index (Phi) is 8.45. The number of likely N-dealkylation sites (tertiary alicyclic amines) is 1. The number of pyridine rings is 1. The van der Waals surface area contributed by atoms with Crippen molar-refractivity contribution in [2.75, 3.05) is 62.7 Å². The largest absolute Gasteiger partial charge is 0.462 e. The summed E-state index contributed by atoms with van der Waals surface area (Å²) in [7, 11) is 2.14. The van der Waals surface area contributed by atoms with Crippen LogP contribution in [0.5, 0.6) is 6.01 Å². The van der Waals surface area contributed by atoms with Crippen LogP contribution in [0.2, 0.25) is 0 Å². The minimum absolute atomic E-state index is 0.197. The van der Waals surface area contributed by atoms with Gasteiger partial charge in [0.15, 0.2) is 0 Å². The Morgan fingerprint density at radius 1 is 1.07 bits per heavy atom. The summed E-state index contributed by atoms with van der Waals surface area (Å²) in [4.78, 5) is 39.8. The minimum Gasteiger partial charge on any atom is -0.462 e. The summed E-state index contributed by atoms with van der Waals surface area (Å²) < 4.78 is 12.0. The summed E-state index contributed by atoms with van der Waals surface area (Å²) in [5.41, 5.74) is 2.53. The number of carbonyl (C=O) groups is 1. The van der Waals surface area contributed by atoms with E-state index in [4.69, 9.17) is 26.0 Å². The normalized spacial score (nSPS) is 20.8. The Bertz CT molecular complexity index is 1550. The molecule has 6 rings (SSSR count). The minimum atomic E-state index is -0.603. The molecule has 232 valence electrons. The number of ether oxygens (including phenoxy) is 2. The number of piperazine rings is 1. The van der Waals surface area contributed by atoms with E-state index in [0.717, 1.165) is 54.1 Å². The van der Waals surface area contributed by atoms with Gasteiger partial charge in [-0.3, -0.25) is 9.88 Å². The highest BCUT2D eigenvalue weighted by Gasteiger charge is 2.37. The van der Waals surface area contributed by atoms with Crippen LogP contribution in [-0.2, 0) is 17.7 Å². The molecule has 44 heavy (non-hydrogen) atoms. The van der Waals surface area contributed by atoms with Crippen molar-refractivity contribution >= 4 is 28.4 Å². The van der Waals surface area contributed by atoms with Crippen LogP contribution < -0.4 is 14.5 Å². The summed E-state index contributed by atoms with van der Waals surface area (Å²) in [6.07, 6.45) is 6.49. The zero-order chi connectivity index (χ0) is 30.8. The SMILES string of the molecule is [C-]#[N+]CC1CN(c2nc(OC[C@@H]3CCCN3C)nc3c2CCN(c2cncc4ccccc24)C3)CCN1C(=O)OC(C)(C)C. The molecule has 2 aromatic heterocycles. The highest BCUT2D eigenvalue weighted by molar-refractivity contribution is 5.93. The molecule has 0 N–H and O–H groups in total. The lowest BCUT2D eigenvalue weighted by molar-refractivity contribution is 0.0155. The summed E-state index contributed by atoms with van der Waals surface area (Å²) in [5, 5.41) is 2.28. The molecule has 3 aliphatic rings. The summed E-state index contributed by atoms with van der Waals surface area (Å²) in [6, 6.07) is 8.75. The molecule has 0 spiro atoms. The van der Waals surface area contributed by atoms with Gasteiger partial charge in [-0.2, -0.15) is 9.97 Å². The Balaban J connectivity index is 1.30. The third-order valence-corrected chi connectivity index (χ3v) is 8.80. The molecule has 1 amide bonds. The Hall–Kier alpha value is -4.17. The zero-order valence-corrected chi connectivity index (χ0v) is 26.2. The molecule has 1 unspecified atom stereocenters. The van der Waals surface area contributed by atoms with Crippen molar-refractivity contribution in [1.29, 1.82) is 0 Å². The molecule has 11 heteroatoms. The van der Waals surface area contributed by atoms with Crippen molar-refractivity contribution in [3.8, 4) is 6.01 Å². The number of aromatic nitrogens is 3. The Morgan fingerprint density at radius 2 is 1.91 bits per heavy atom. The fraction of sp³-hybridized carbons (Fsp3) is 0.545. The van der Waals surface area contributed by atoms with Gasteiger partial charge in [-0.15, -0.1) is 0 Å². The Morgan fingerprint density at radius 3 is 2.68 bits per heavy atom. The van der Waals surface area contributed by atoms with E-state index in [-0.39, 0.29) is 18.7 Å². The number of anilines is 2. The highest BCUT2D eigenvalue weighted by Crippen LogP contribution is 2.34. The number of rotatable bonds is 6. The lowest BCUT2D eigenvalue weighted by atomic mass is 10.0. The van der Waals surface area contributed by atoms with Crippen molar-refractivity contribution in [3.05, 3.63) is 59.3 Å². The maximum Gasteiger partial charge on any atom is 0.410 e. The number of carbonyl (C=O) groups excluding carboxylic acids is 1. The predicted octanol–water partition coefficient (Wildman–Crippen LogP) is 4.41. The quantitative estimate of drug-likeness (QED) is 0.383. The first-order valence-electron chi connectivity index (χ1n) is 15.6. The molecule has 2 atom stereocenters. The summed E-state index contributed by atoms with van der Waals surface area (Å²) in [5.74, 6) is 0.847. The number of nitrogens with zero attached hydrogens (tertiary/aromatic N) is 8. The maximum absolute atomic E-state index is 13.1. The van der Waals surface area contributed by atoms with Gasteiger partial charge in [-0.05, 0) is 53.6 Å². The topological polar surface area (TPSA) is 91.5 Å². The third-order valence-electron chi connectivity index (χ3n) is 8.80.